The maximum Gasteiger partial charge on any atom is 0.342 e. The molecule has 23 heavy (non-hydrogen) atoms. The maximum atomic E-state index is 12.1. The molecular formula is C16H13Cl2IN2O2. The van der Waals surface area contributed by atoms with Crippen LogP contribution in [0.5, 0.6) is 0 Å². The largest absolute Gasteiger partial charge is 0.465 e. The molecule has 0 bridgehead atoms. The summed E-state index contributed by atoms with van der Waals surface area (Å²) in [5.74, 6) is -0.375. The van der Waals surface area contributed by atoms with Crippen LogP contribution in [0, 0.1) is 3.57 Å². The smallest absolute Gasteiger partial charge is 0.342 e. The van der Waals surface area contributed by atoms with E-state index in [2.05, 4.69) is 27.7 Å². The second-order valence-corrected chi connectivity index (χ2v) is 6.41. The maximum absolute atomic E-state index is 12.1. The lowest BCUT2D eigenvalue weighted by Gasteiger charge is -2.01. The van der Waals surface area contributed by atoms with E-state index < -0.39 is 0 Å². The van der Waals surface area contributed by atoms with Crippen molar-refractivity contribution >= 4 is 57.3 Å². The number of fused-ring (bicyclic) bond motifs is 1. The molecule has 4 nitrogen and oxygen atoms in total. The lowest BCUT2D eigenvalue weighted by molar-refractivity contribution is 0.0604. The summed E-state index contributed by atoms with van der Waals surface area (Å²) < 4.78 is 7.67. The number of rotatable bonds is 2. The minimum atomic E-state index is -0.375. The van der Waals surface area contributed by atoms with Crippen LogP contribution in [0.2, 0.25) is 0 Å². The van der Waals surface area contributed by atoms with E-state index in [4.69, 9.17) is 27.9 Å². The van der Waals surface area contributed by atoms with Crippen LogP contribution >= 0.6 is 45.8 Å². The molecule has 0 saturated heterocycles. The van der Waals surface area contributed by atoms with Crippen molar-refractivity contribution in [3.63, 3.8) is 0 Å². The third-order valence-electron chi connectivity index (χ3n) is 3.03. The van der Waals surface area contributed by atoms with Gasteiger partial charge in [0.25, 0.3) is 0 Å². The van der Waals surface area contributed by atoms with Crippen LogP contribution in [-0.2, 0) is 4.74 Å². The van der Waals surface area contributed by atoms with Crippen LogP contribution in [-0.4, -0.2) is 28.0 Å². The van der Waals surface area contributed by atoms with Crippen molar-refractivity contribution in [1.82, 2.24) is 9.61 Å². The fourth-order valence-electron chi connectivity index (χ4n) is 2.13. The molecule has 3 aromatic rings. The molecule has 0 aliphatic rings. The van der Waals surface area contributed by atoms with Gasteiger partial charge in [0.05, 0.1) is 18.0 Å². The quantitative estimate of drug-likeness (QED) is 0.311. The highest BCUT2D eigenvalue weighted by Gasteiger charge is 2.21. The van der Waals surface area contributed by atoms with Gasteiger partial charge in [-0.1, -0.05) is 30.3 Å². The van der Waals surface area contributed by atoms with Crippen molar-refractivity contribution < 1.29 is 9.53 Å². The van der Waals surface area contributed by atoms with Gasteiger partial charge in [0, 0.05) is 15.3 Å². The lowest BCUT2D eigenvalue weighted by atomic mass is 10.1. The van der Waals surface area contributed by atoms with E-state index in [9.17, 15) is 4.79 Å². The van der Waals surface area contributed by atoms with Gasteiger partial charge in [-0.15, -0.1) is 23.2 Å². The van der Waals surface area contributed by atoms with Crippen LogP contribution in [0.1, 0.15) is 10.4 Å². The number of pyridine rings is 1. The zero-order valence-electron chi connectivity index (χ0n) is 12.2. The van der Waals surface area contributed by atoms with Crippen molar-refractivity contribution in [3.8, 4) is 11.3 Å². The van der Waals surface area contributed by atoms with E-state index in [1.807, 2.05) is 48.7 Å². The molecule has 7 heteroatoms. The number of carbonyl (C=O) groups excluding carboxylic acids is 1. The molecule has 0 atom stereocenters. The van der Waals surface area contributed by atoms with Gasteiger partial charge in [0.15, 0.2) is 0 Å². The van der Waals surface area contributed by atoms with Crippen LogP contribution < -0.4 is 0 Å². The molecule has 0 fully saturated rings. The van der Waals surface area contributed by atoms with Crippen molar-refractivity contribution in [2.45, 2.75) is 0 Å². The number of aromatic nitrogens is 2. The number of alkyl halides is 2. The summed E-state index contributed by atoms with van der Waals surface area (Å²) in [6.45, 7) is 0. The first-order valence-corrected chi connectivity index (χ1v) is 8.70. The van der Waals surface area contributed by atoms with Gasteiger partial charge in [-0.3, -0.25) is 0 Å². The fraction of sp³-hybridized carbons (Fsp3) is 0.125. The third-order valence-corrected chi connectivity index (χ3v) is 3.67. The average molecular weight is 463 g/mol. The number of halogens is 3. The molecule has 0 amide bonds. The summed E-state index contributed by atoms with van der Waals surface area (Å²) in [4.78, 5) is 12.1. The first kappa shape index (κ1) is 18.0. The van der Waals surface area contributed by atoms with Crippen LogP contribution in [0.25, 0.3) is 16.8 Å². The SMILES string of the molecule is COC(=O)c1c(-c2ccccc2)nn2cc(I)ccc12.ClCCl. The van der Waals surface area contributed by atoms with Gasteiger partial charge in [-0.2, -0.15) is 5.10 Å². The van der Waals surface area contributed by atoms with E-state index in [1.54, 1.807) is 4.52 Å². The molecule has 120 valence electrons. The second-order valence-electron chi connectivity index (χ2n) is 4.36. The Morgan fingerprint density at radius 2 is 1.87 bits per heavy atom. The second kappa shape index (κ2) is 8.52. The summed E-state index contributed by atoms with van der Waals surface area (Å²) in [5, 5.41) is 4.72. The standard InChI is InChI=1S/C15H11IN2O2.CH2Cl2/c1-20-15(19)13-12-8-7-11(16)9-18(12)17-14(13)10-5-3-2-4-6-10;2-1-3/h2-9H,1H3;1H2. The minimum Gasteiger partial charge on any atom is -0.465 e. The van der Waals surface area contributed by atoms with Crippen LogP contribution in [0.4, 0.5) is 0 Å². The van der Waals surface area contributed by atoms with E-state index in [-0.39, 0.29) is 11.3 Å². The van der Waals surface area contributed by atoms with E-state index in [1.165, 1.54) is 7.11 Å². The molecule has 0 unspecified atom stereocenters. The summed E-state index contributed by atoms with van der Waals surface area (Å²) >= 11 is 11.7. The topological polar surface area (TPSA) is 43.6 Å². The summed E-state index contributed by atoms with van der Waals surface area (Å²) in [6, 6.07) is 13.5. The first-order chi connectivity index (χ1) is 11.1. The predicted molar refractivity (Wildman–Crippen MR) is 101 cm³/mol. The molecule has 0 spiro atoms. The van der Waals surface area contributed by atoms with Crippen molar-refractivity contribution in [3.05, 3.63) is 57.8 Å². The normalized spacial score (nSPS) is 10.1. The molecular weight excluding hydrogens is 450 g/mol. The molecule has 2 heterocycles. The van der Waals surface area contributed by atoms with Gasteiger partial charge in [-0.25, -0.2) is 9.31 Å². The summed E-state index contributed by atoms with van der Waals surface area (Å²) in [7, 11) is 1.38. The number of ether oxygens (including phenoxy) is 1. The zero-order chi connectivity index (χ0) is 16.8. The van der Waals surface area contributed by atoms with Crippen molar-refractivity contribution in [2.75, 3.05) is 12.4 Å². The Labute approximate surface area is 157 Å². The molecule has 1 aromatic carbocycles. The van der Waals surface area contributed by atoms with E-state index in [0.717, 1.165) is 14.7 Å². The number of nitrogens with zero attached hydrogens (tertiary/aromatic N) is 2. The number of hydrogen-bond acceptors (Lipinski definition) is 3. The Morgan fingerprint density at radius 3 is 2.48 bits per heavy atom. The van der Waals surface area contributed by atoms with E-state index in [0.29, 0.717) is 11.3 Å². The van der Waals surface area contributed by atoms with Gasteiger partial charge in [0.1, 0.15) is 11.3 Å². The van der Waals surface area contributed by atoms with Gasteiger partial charge in [0.2, 0.25) is 0 Å². The zero-order valence-corrected chi connectivity index (χ0v) is 15.8. The van der Waals surface area contributed by atoms with Crippen molar-refractivity contribution in [1.29, 1.82) is 0 Å². The molecule has 0 saturated carbocycles. The number of carbonyl (C=O) groups is 1. The fourth-order valence-corrected chi connectivity index (χ4v) is 2.57. The Kier molecular flexibility index (Phi) is 6.68. The number of methoxy groups -OCH3 is 1. The molecule has 0 aliphatic carbocycles. The third kappa shape index (κ3) is 4.16. The Hall–Kier alpha value is -1.31. The Morgan fingerprint density at radius 1 is 1.22 bits per heavy atom. The number of benzene rings is 1. The minimum absolute atomic E-state index is 0.194. The molecule has 0 radical (unpaired) electrons. The lowest BCUT2D eigenvalue weighted by Crippen LogP contribution is -2.02. The Balaban J connectivity index is 0.000000595. The van der Waals surface area contributed by atoms with Gasteiger partial charge in [-0.05, 0) is 34.7 Å². The monoisotopic (exact) mass is 462 g/mol. The first-order valence-electron chi connectivity index (χ1n) is 6.56. The summed E-state index contributed by atoms with van der Waals surface area (Å²) in [5.41, 5.74) is 2.78. The Bertz CT molecular complexity index is 806. The molecule has 0 N–H and O–H groups in total. The van der Waals surface area contributed by atoms with Gasteiger partial charge < -0.3 is 4.74 Å². The van der Waals surface area contributed by atoms with Crippen LogP contribution in [0.15, 0.2) is 48.7 Å². The summed E-state index contributed by atoms with van der Waals surface area (Å²) in [6.07, 6.45) is 1.88. The van der Waals surface area contributed by atoms with Gasteiger partial charge >= 0.3 is 5.97 Å². The molecule has 0 aliphatic heterocycles. The highest BCUT2D eigenvalue weighted by Crippen LogP contribution is 2.27. The van der Waals surface area contributed by atoms with Crippen molar-refractivity contribution in [2.24, 2.45) is 0 Å². The average Bonchev–Trinajstić information content (AvgIpc) is 2.94. The van der Waals surface area contributed by atoms with Crippen LogP contribution in [0.3, 0.4) is 0 Å². The predicted octanol–water partition coefficient (Wildman–Crippen LogP) is 4.81. The highest BCUT2D eigenvalue weighted by molar-refractivity contribution is 14.1. The number of hydrogen-bond donors (Lipinski definition) is 0. The molecule has 2 aromatic heterocycles. The highest BCUT2D eigenvalue weighted by atomic mass is 127. The number of esters is 1. The molecule has 3 rings (SSSR count). The van der Waals surface area contributed by atoms with E-state index >= 15 is 0 Å².